The van der Waals surface area contributed by atoms with Gasteiger partial charge in [-0.2, -0.15) is 0 Å². The van der Waals surface area contributed by atoms with Crippen molar-refractivity contribution in [2.24, 2.45) is 0 Å². The van der Waals surface area contributed by atoms with Crippen LogP contribution in [0.15, 0.2) is 18.3 Å². The molecule has 1 aliphatic heterocycles. The lowest BCUT2D eigenvalue weighted by atomic mass is 10.1. The average molecular weight is 300 g/mol. The number of piperidine rings is 1. The second-order valence-electron chi connectivity index (χ2n) is 5.42. The van der Waals surface area contributed by atoms with E-state index in [1.807, 2.05) is 19.1 Å². The Labute approximate surface area is 126 Å². The van der Waals surface area contributed by atoms with E-state index in [2.05, 4.69) is 20.6 Å². The van der Waals surface area contributed by atoms with Gasteiger partial charge >= 0.3 is 0 Å². The van der Waals surface area contributed by atoms with Gasteiger partial charge in [0.05, 0.1) is 17.6 Å². The predicted octanol–water partition coefficient (Wildman–Crippen LogP) is 0.335. The molecular weight excluding hydrogens is 284 g/mol. The Morgan fingerprint density at radius 1 is 1.45 bits per heavy atom. The molecule has 0 radical (unpaired) electrons. The summed E-state index contributed by atoms with van der Waals surface area (Å²) in [6, 6.07) is 3.20. The van der Waals surface area contributed by atoms with Crippen LogP contribution < -0.4 is 10.6 Å². The minimum absolute atomic E-state index is 0.0784. The second-order valence-corrected chi connectivity index (χ2v) is 5.42. The maximum atomic E-state index is 12.1. The standard InChI is InChI=1S/C15H16N4O3/c1-8-6-9-4-5-16-11(14(9)17-8)7-13(21)18-10-2-3-12(20)19-15(10)22/h4-6,10,17H,2-3,7H2,1H3,(H,18,21)(H,19,20,22). The van der Waals surface area contributed by atoms with Crippen molar-refractivity contribution in [3.05, 3.63) is 29.7 Å². The number of hydrogen-bond donors (Lipinski definition) is 3. The maximum absolute atomic E-state index is 12.1. The lowest BCUT2D eigenvalue weighted by Crippen LogP contribution is -2.52. The van der Waals surface area contributed by atoms with Gasteiger partial charge in [0.15, 0.2) is 0 Å². The molecule has 3 N–H and O–H groups in total. The van der Waals surface area contributed by atoms with Gasteiger partial charge in [-0.1, -0.05) is 0 Å². The Kier molecular flexibility index (Phi) is 3.62. The van der Waals surface area contributed by atoms with E-state index in [9.17, 15) is 14.4 Å². The summed E-state index contributed by atoms with van der Waals surface area (Å²) in [5.74, 6) is -1.04. The van der Waals surface area contributed by atoms with Gasteiger partial charge in [0, 0.05) is 23.7 Å². The number of H-pyrrole nitrogens is 1. The molecule has 7 nitrogen and oxygen atoms in total. The van der Waals surface area contributed by atoms with Crippen molar-refractivity contribution in [1.29, 1.82) is 0 Å². The molecule has 1 fully saturated rings. The van der Waals surface area contributed by atoms with Gasteiger partial charge in [-0.3, -0.25) is 24.7 Å². The van der Waals surface area contributed by atoms with Crippen molar-refractivity contribution in [2.45, 2.75) is 32.2 Å². The first-order chi connectivity index (χ1) is 10.5. The third-order valence-electron chi connectivity index (χ3n) is 3.66. The number of nitrogens with zero attached hydrogens (tertiary/aromatic N) is 1. The molecule has 1 unspecified atom stereocenters. The van der Waals surface area contributed by atoms with Gasteiger partial charge in [-0.25, -0.2) is 0 Å². The van der Waals surface area contributed by atoms with Crippen LogP contribution in [0.2, 0.25) is 0 Å². The first-order valence-corrected chi connectivity index (χ1v) is 7.09. The Bertz CT molecular complexity index is 765. The lowest BCUT2D eigenvalue weighted by Gasteiger charge is -2.21. The molecule has 0 aromatic carbocycles. The molecular formula is C15H16N4O3. The van der Waals surface area contributed by atoms with Crippen molar-refractivity contribution in [1.82, 2.24) is 20.6 Å². The van der Waals surface area contributed by atoms with E-state index in [4.69, 9.17) is 0 Å². The fraction of sp³-hybridized carbons (Fsp3) is 0.333. The molecule has 0 aliphatic carbocycles. The zero-order chi connectivity index (χ0) is 15.7. The van der Waals surface area contributed by atoms with E-state index in [1.165, 1.54) is 0 Å². The summed E-state index contributed by atoms with van der Waals surface area (Å²) >= 11 is 0. The Morgan fingerprint density at radius 2 is 2.27 bits per heavy atom. The van der Waals surface area contributed by atoms with Crippen LogP contribution in [0.25, 0.3) is 10.9 Å². The number of aryl methyl sites for hydroxylation is 1. The van der Waals surface area contributed by atoms with E-state index in [1.54, 1.807) is 6.20 Å². The van der Waals surface area contributed by atoms with Crippen molar-refractivity contribution < 1.29 is 14.4 Å². The average Bonchev–Trinajstić information content (AvgIpc) is 2.83. The predicted molar refractivity (Wildman–Crippen MR) is 78.8 cm³/mol. The summed E-state index contributed by atoms with van der Waals surface area (Å²) in [6.45, 7) is 1.94. The summed E-state index contributed by atoms with van der Waals surface area (Å²) in [4.78, 5) is 42.3. The lowest BCUT2D eigenvalue weighted by molar-refractivity contribution is -0.137. The third kappa shape index (κ3) is 2.83. The number of imide groups is 1. The zero-order valence-electron chi connectivity index (χ0n) is 12.1. The summed E-state index contributed by atoms with van der Waals surface area (Å²) in [6.07, 6.45) is 2.30. The number of carbonyl (C=O) groups is 3. The van der Waals surface area contributed by atoms with E-state index in [-0.39, 0.29) is 24.7 Å². The third-order valence-corrected chi connectivity index (χ3v) is 3.66. The highest BCUT2D eigenvalue weighted by molar-refractivity contribution is 6.01. The molecule has 1 atom stereocenters. The molecule has 3 rings (SSSR count). The number of hydrogen-bond acceptors (Lipinski definition) is 4. The zero-order valence-corrected chi connectivity index (χ0v) is 12.1. The SMILES string of the molecule is Cc1cc2ccnc(CC(=O)NC3CCC(=O)NC3=O)c2[nH]1. The Balaban J connectivity index is 1.71. The number of rotatable bonds is 3. The van der Waals surface area contributed by atoms with Crippen LogP contribution in [-0.2, 0) is 20.8 Å². The monoisotopic (exact) mass is 300 g/mol. The molecule has 0 bridgehead atoms. The first-order valence-electron chi connectivity index (χ1n) is 7.09. The Hall–Kier alpha value is -2.70. The van der Waals surface area contributed by atoms with E-state index < -0.39 is 11.9 Å². The van der Waals surface area contributed by atoms with Gasteiger partial charge in [-0.15, -0.1) is 0 Å². The molecule has 2 aromatic heterocycles. The summed E-state index contributed by atoms with van der Waals surface area (Å²) in [5.41, 5.74) is 2.46. The van der Waals surface area contributed by atoms with Crippen LogP contribution in [0.1, 0.15) is 24.2 Å². The fourth-order valence-electron chi connectivity index (χ4n) is 2.62. The summed E-state index contributed by atoms with van der Waals surface area (Å²) in [7, 11) is 0. The maximum Gasteiger partial charge on any atom is 0.249 e. The van der Waals surface area contributed by atoms with Crippen molar-refractivity contribution >= 4 is 28.6 Å². The number of aromatic amines is 1. The molecule has 0 saturated carbocycles. The van der Waals surface area contributed by atoms with E-state index in [0.717, 1.165) is 16.6 Å². The topological polar surface area (TPSA) is 104 Å². The highest BCUT2D eigenvalue weighted by Gasteiger charge is 2.27. The molecule has 0 spiro atoms. The van der Waals surface area contributed by atoms with Gasteiger partial charge in [0.2, 0.25) is 17.7 Å². The van der Waals surface area contributed by atoms with Crippen molar-refractivity contribution in [3.63, 3.8) is 0 Å². The molecule has 3 amide bonds. The largest absolute Gasteiger partial charge is 0.357 e. The molecule has 2 aromatic rings. The summed E-state index contributed by atoms with van der Waals surface area (Å²) in [5, 5.41) is 5.87. The van der Waals surface area contributed by atoms with Crippen LogP contribution in [0.4, 0.5) is 0 Å². The van der Waals surface area contributed by atoms with Crippen LogP contribution in [0.5, 0.6) is 0 Å². The highest BCUT2D eigenvalue weighted by Crippen LogP contribution is 2.17. The summed E-state index contributed by atoms with van der Waals surface area (Å²) < 4.78 is 0. The molecule has 3 heterocycles. The number of pyridine rings is 1. The first kappa shape index (κ1) is 14.2. The van der Waals surface area contributed by atoms with Gasteiger partial charge in [0.1, 0.15) is 6.04 Å². The van der Waals surface area contributed by atoms with Gasteiger partial charge < -0.3 is 10.3 Å². The Morgan fingerprint density at radius 3 is 3.05 bits per heavy atom. The van der Waals surface area contributed by atoms with Gasteiger partial charge in [0.25, 0.3) is 0 Å². The number of amides is 3. The number of aromatic nitrogens is 2. The molecule has 1 saturated heterocycles. The smallest absolute Gasteiger partial charge is 0.249 e. The number of nitrogens with one attached hydrogen (secondary N) is 3. The fourth-order valence-corrected chi connectivity index (χ4v) is 2.62. The van der Waals surface area contributed by atoms with E-state index >= 15 is 0 Å². The van der Waals surface area contributed by atoms with Crippen LogP contribution in [-0.4, -0.2) is 33.7 Å². The number of carbonyl (C=O) groups excluding carboxylic acids is 3. The minimum Gasteiger partial charge on any atom is -0.357 e. The molecule has 22 heavy (non-hydrogen) atoms. The van der Waals surface area contributed by atoms with Crippen LogP contribution in [0.3, 0.4) is 0 Å². The molecule has 114 valence electrons. The van der Waals surface area contributed by atoms with Crippen LogP contribution in [0, 0.1) is 6.92 Å². The van der Waals surface area contributed by atoms with Crippen LogP contribution >= 0.6 is 0 Å². The number of fused-ring (bicyclic) bond motifs is 1. The van der Waals surface area contributed by atoms with Gasteiger partial charge in [-0.05, 0) is 25.5 Å². The van der Waals surface area contributed by atoms with Crippen molar-refractivity contribution in [2.75, 3.05) is 0 Å². The normalized spacial score (nSPS) is 18.3. The van der Waals surface area contributed by atoms with Crippen molar-refractivity contribution in [3.8, 4) is 0 Å². The second kappa shape index (κ2) is 5.59. The quantitative estimate of drug-likeness (QED) is 0.711. The minimum atomic E-state index is -0.658. The molecule has 1 aliphatic rings. The highest BCUT2D eigenvalue weighted by atomic mass is 16.2. The molecule has 7 heteroatoms. The van der Waals surface area contributed by atoms with E-state index in [0.29, 0.717) is 12.1 Å².